The molecule has 0 aliphatic heterocycles. The minimum atomic E-state index is -1.17. The molecule has 2 atom stereocenters. The fraction of sp³-hybridized carbons (Fsp3) is 0.571. The smallest absolute Gasteiger partial charge is 0.345 e. The molecule has 0 aromatic heterocycles. The lowest BCUT2D eigenvalue weighted by molar-refractivity contribution is -0.144. The van der Waals surface area contributed by atoms with Gasteiger partial charge in [-0.3, -0.25) is 0 Å². The lowest BCUT2D eigenvalue weighted by atomic mass is 9.69. The van der Waals surface area contributed by atoms with E-state index < -0.39 is 11.9 Å². The molecule has 18 heavy (non-hydrogen) atoms. The van der Waals surface area contributed by atoms with Gasteiger partial charge in [-0.2, -0.15) is 0 Å². The molecule has 0 bridgehead atoms. The lowest BCUT2D eigenvalue weighted by Crippen LogP contribution is -2.30. The van der Waals surface area contributed by atoms with Gasteiger partial charge in [-0.15, -0.1) is 0 Å². The third-order valence-electron chi connectivity index (χ3n) is 3.80. The first kappa shape index (κ1) is 12.9. The molecule has 0 heterocycles. The molecular weight excluding hydrogens is 232 g/mol. The van der Waals surface area contributed by atoms with E-state index in [1.54, 1.807) is 6.92 Å². The monoisotopic (exact) mass is 250 g/mol. The van der Waals surface area contributed by atoms with Gasteiger partial charge in [-0.25, -0.2) is 9.59 Å². The summed E-state index contributed by atoms with van der Waals surface area (Å²) in [4.78, 5) is 22.9. The molecule has 1 saturated carbocycles. The summed E-state index contributed by atoms with van der Waals surface area (Å²) in [5.74, 6) is -1.22. The molecule has 98 valence electrons. The van der Waals surface area contributed by atoms with Crippen molar-refractivity contribution in [2.45, 2.75) is 33.1 Å². The van der Waals surface area contributed by atoms with Crippen LogP contribution in [0.1, 0.15) is 33.1 Å². The van der Waals surface area contributed by atoms with Gasteiger partial charge in [0.15, 0.2) is 0 Å². The summed E-state index contributed by atoms with van der Waals surface area (Å²) in [6.07, 6.45) is 4.89. The topological polar surface area (TPSA) is 63.6 Å². The second-order valence-corrected chi connectivity index (χ2v) is 4.80. The summed E-state index contributed by atoms with van der Waals surface area (Å²) in [6, 6.07) is 0. The van der Waals surface area contributed by atoms with Crippen LogP contribution in [0.2, 0.25) is 0 Å². The highest BCUT2D eigenvalue weighted by molar-refractivity contribution is 6.14. The number of hydrogen-bond donors (Lipinski definition) is 1. The maximum Gasteiger partial charge on any atom is 0.345 e. The number of carbonyl (C=O) groups excluding carboxylic acids is 1. The number of hydrogen-bond acceptors (Lipinski definition) is 3. The Morgan fingerprint density at radius 2 is 2.11 bits per heavy atom. The Labute approximate surface area is 106 Å². The summed E-state index contributed by atoms with van der Waals surface area (Å²) in [7, 11) is 0. The van der Waals surface area contributed by atoms with Crippen molar-refractivity contribution in [2.75, 3.05) is 6.61 Å². The van der Waals surface area contributed by atoms with Crippen molar-refractivity contribution < 1.29 is 19.4 Å². The van der Waals surface area contributed by atoms with Crippen LogP contribution in [0, 0.1) is 11.8 Å². The zero-order valence-electron chi connectivity index (χ0n) is 10.7. The maximum absolute atomic E-state index is 11.7. The summed E-state index contributed by atoms with van der Waals surface area (Å²) in [5, 5.41) is 9.17. The van der Waals surface area contributed by atoms with Gasteiger partial charge in [0.05, 0.1) is 6.61 Å². The van der Waals surface area contributed by atoms with Crippen molar-refractivity contribution in [3.05, 3.63) is 22.8 Å². The number of allylic oxidation sites excluding steroid dienone is 3. The second-order valence-electron chi connectivity index (χ2n) is 4.80. The SMILES string of the molecule is CCOC(=O)C(C(=O)O)=C1C[C@H]2CC(CC)=C[C@@H]12. The van der Waals surface area contributed by atoms with Gasteiger partial charge in [0.1, 0.15) is 5.57 Å². The van der Waals surface area contributed by atoms with Crippen LogP contribution in [0.15, 0.2) is 22.8 Å². The molecule has 0 saturated heterocycles. The molecule has 0 aromatic rings. The van der Waals surface area contributed by atoms with Gasteiger partial charge in [0, 0.05) is 5.92 Å². The second kappa shape index (κ2) is 4.96. The highest BCUT2D eigenvalue weighted by Crippen LogP contribution is 2.51. The van der Waals surface area contributed by atoms with Crippen molar-refractivity contribution >= 4 is 11.9 Å². The predicted molar refractivity (Wildman–Crippen MR) is 65.9 cm³/mol. The van der Waals surface area contributed by atoms with Gasteiger partial charge in [-0.1, -0.05) is 18.6 Å². The standard InChI is InChI=1S/C14H18O4/c1-3-8-5-9-7-11(10(9)6-8)12(13(15)16)14(17)18-4-2/h6,9-10H,3-5,7H2,1-2H3,(H,15,16)/t9-,10-/m1/s1. The number of rotatable bonds is 4. The van der Waals surface area contributed by atoms with Crippen molar-refractivity contribution in [2.24, 2.45) is 11.8 Å². The molecule has 0 aromatic carbocycles. The minimum Gasteiger partial charge on any atom is -0.477 e. The van der Waals surface area contributed by atoms with E-state index in [0.29, 0.717) is 12.3 Å². The van der Waals surface area contributed by atoms with Crippen LogP contribution >= 0.6 is 0 Å². The van der Waals surface area contributed by atoms with Crippen LogP contribution in [0.5, 0.6) is 0 Å². The van der Waals surface area contributed by atoms with Gasteiger partial charge >= 0.3 is 11.9 Å². The Morgan fingerprint density at radius 3 is 2.67 bits per heavy atom. The van der Waals surface area contributed by atoms with Gasteiger partial charge in [0.2, 0.25) is 0 Å². The van der Waals surface area contributed by atoms with Crippen LogP contribution in [0.25, 0.3) is 0 Å². The number of carboxylic acid groups (broad SMARTS) is 1. The summed E-state index contributed by atoms with van der Waals surface area (Å²) in [5.41, 5.74) is 1.97. The Kier molecular flexibility index (Phi) is 3.55. The normalized spacial score (nSPS) is 28.0. The molecule has 2 rings (SSSR count). The molecule has 2 aliphatic carbocycles. The number of ether oxygens (including phenoxy) is 1. The maximum atomic E-state index is 11.7. The van der Waals surface area contributed by atoms with Crippen LogP contribution < -0.4 is 0 Å². The van der Waals surface area contributed by atoms with Crippen molar-refractivity contribution in [3.8, 4) is 0 Å². The van der Waals surface area contributed by atoms with Gasteiger partial charge in [-0.05, 0) is 37.7 Å². The van der Waals surface area contributed by atoms with Gasteiger partial charge < -0.3 is 9.84 Å². The molecule has 0 radical (unpaired) electrons. The molecular formula is C14H18O4. The Hall–Kier alpha value is -1.58. The zero-order chi connectivity index (χ0) is 13.3. The highest BCUT2D eigenvalue weighted by atomic mass is 16.5. The van der Waals surface area contributed by atoms with Crippen LogP contribution in [0.4, 0.5) is 0 Å². The van der Waals surface area contributed by atoms with Crippen molar-refractivity contribution in [3.63, 3.8) is 0 Å². The van der Waals surface area contributed by atoms with Crippen molar-refractivity contribution in [1.29, 1.82) is 0 Å². The van der Waals surface area contributed by atoms with E-state index in [0.717, 1.165) is 18.4 Å². The predicted octanol–water partition coefficient (Wildman–Crippen LogP) is 2.31. The number of carboxylic acids is 1. The van der Waals surface area contributed by atoms with E-state index >= 15 is 0 Å². The summed E-state index contributed by atoms with van der Waals surface area (Å²) < 4.78 is 4.83. The van der Waals surface area contributed by atoms with Crippen LogP contribution in [-0.4, -0.2) is 23.7 Å². The lowest BCUT2D eigenvalue weighted by Gasteiger charge is -2.34. The largest absolute Gasteiger partial charge is 0.477 e. The molecule has 0 spiro atoms. The molecule has 4 heteroatoms. The third-order valence-corrected chi connectivity index (χ3v) is 3.80. The van der Waals surface area contributed by atoms with E-state index in [1.165, 1.54) is 5.57 Å². The zero-order valence-corrected chi connectivity index (χ0v) is 10.7. The van der Waals surface area contributed by atoms with Crippen LogP contribution in [0.3, 0.4) is 0 Å². The average Bonchev–Trinajstić information content (AvgIpc) is 2.62. The molecule has 4 nitrogen and oxygen atoms in total. The van der Waals surface area contributed by atoms with E-state index in [-0.39, 0.29) is 18.1 Å². The Bertz CT molecular complexity index is 445. The van der Waals surface area contributed by atoms with E-state index in [2.05, 4.69) is 13.0 Å². The fourth-order valence-electron chi connectivity index (χ4n) is 2.85. The summed E-state index contributed by atoms with van der Waals surface area (Å²) >= 11 is 0. The third kappa shape index (κ3) is 2.07. The Morgan fingerprint density at radius 1 is 1.39 bits per heavy atom. The first-order valence-electron chi connectivity index (χ1n) is 6.41. The van der Waals surface area contributed by atoms with E-state index in [4.69, 9.17) is 9.84 Å². The first-order chi connectivity index (χ1) is 8.58. The number of fused-ring (bicyclic) bond motifs is 1. The quantitative estimate of drug-likeness (QED) is 0.273. The molecule has 0 amide bonds. The van der Waals surface area contributed by atoms with E-state index in [1.807, 2.05) is 0 Å². The highest BCUT2D eigenvalue weighted by Gasteiger charge is 2.43. The number of aliphatic carboxylic acids is 1. The Balaban J connectivity index is 2.26. The number of carbonyl (C=O) groups is 2. The minimum absolute atomic E-state index is 0.147. The van der Waals surface area contributed by atoms with Crippen molar-refractivity contribution in [1.82, 2.24) is 0 Å². The molecule has 1 fully saturated rings. The van der Waals surface area contributed by atoms with E-state index in [9.17, 15) is 9.59 Å². The first-order valence-corrected chi connectivity index (χ1v) is 6.41. The fourth-order valence-corrected chi connectivity index (χ4v) is 2.85. The average molecular weight is 250 g/mol. The van der Waals surface area contributed by atoms with Crippen LogP contribution in [-0.2, 0) is 14.3 Å². The molecule has 2 aliphatic rings. The van der Waals surface area contributed by atoms with Gasteiger partial charge in [0.25, 0.3) is 0 Å². The number of esters is 1. The summed E-state index contributed by atoms with van der Waals surface area (Å²) in [6.45, 7) is 3.98. The molecule has 0 unspecified atom stereocenters. The molecule has 1 N–H and O–H groups in total.